The summed E-state index contributed by atoms with van der Waals surface area (Å²) in [6, 6.07) is 5.76. The predicted octanol–water partition coefficient (Wildman–Crippen LogP) is 1.16. The van der Waals surface area contributed by atoms with Crippen LogP contribution in [0.1, 0.15) is 24.5 Å². The molecule has 1 aromatic carbocycles. The van der Waals surface area contributed by atoms with Crippen LogP contribution in [0.3, 0.4) is 0 Å². The molecule has 152 valence electrons. The summed E-state index contributed by atoms with van der Waals surface area (Å²) in [6.45, 7) is 8.59. The summed E-state index contributed by atoms with van der Waals surface area (Å²) in [4.78, 5) is 14.5. The van der Waals surface area contributed by atoms with Gasteiger partial charge in [-0.1, -0.05) is 25.1 Å². The first-order valence-electron chi connectivity index (χ1n) is 9.46. The van der Waals surface area contributed by atoms with Crippen molar-refractivity contribution < 1.29 is 17.9 Å². The fourth-order valence-corrected chi connectivity index (χ4v) is 4.29. The van der Waals surface area contributed by atoms with Gasteiger partial charge >= 0.3 is 0 Å². The number of hydrogen-bond acceptors (Lipinski definition) is 5. The van der Waals surface area contributed by atoms with Crippen molar-refractivity contribution in [1.29, 1.82) is 0 Å². The zero-order chi connectivity index (χ0) is 19.9. The molecule has 0 spiro atoms. The Hall–Kier alpha value is -1.64. The molecule has 1 fully saturated rings. The van der Waals surface area contributed by atoms with Gasteiger partial charge in [-0.15, -0.1) is 0 Å². The van der Waals surface area contributed by atoms with Crippen LogP contribution in [0.2, 0.25) is 0 Å². The van der Waals surface area contributed by atoms with E-state index in [0.29, 0.717) is 12.2 Å². The molecule has 0 unspecified atom stereocenters. The molecule has 7 nitrogen and oxygen atoms in total. The van der Waals surface area contributed by atoms with E-state index in [4.69, 9.17) is 4.74 Å². The number of nitrogens with one attached hydrogen (secondary N) is 1. The predicted molar refractivity (Wildman–Crippen MR) is 108 cm³/mol. The van der Waals surface area contributed by atoms with Crippen molar-refractivity contribution in [3.05, 3.63) is 29.3 Å². The van der Waals surface area contributed by atoms with Gasteiger partial charge in [0.05, 0.1) is 25.2 Å². The van der Waals surface area contributed by atoms with Crippen LogP contribution in [-0.2, 0) is 26.0 Å². The number of morpholine rings is 1. The number of para-hydroxylation sites is 1. The van der Waals surface area contributed by atoms with Gasteiger partial charge in [0.1, 0.15) is 0 Å². The molecule has 0 aliphatic carbocycles. The molecule has 1 aliphatic rings. The smallest absolute Gasteiger partial charge is 0.232 e. The van der Waals surface area contributed by atoms with E-state index in [0.717, 1.165) is 50.4 Å². The summed E-state index contributed by atoms with van der Waals surface area (Å²) in [5.41, 5.74) is 2.56. The Morgan fingerprint density at radius 3 is 2.63 bits per heavy atom. The molecule has 1 heterocycles. The van der Waals surface area contributed by atoms with Gasteiger partial charge < -0.3 is 10.1 Å². The number of benzene rings is 1. The topological polar surface area (TPSA) is 79.0 Å². The number of nitrogens with zero attached hydrogens (tertiary/aromatic N) is 2. The van der Waals surface area contributed by atoms with Crippen molar-refractivity contribution >= 4 is 21.6 Å². The van der Waals surface area contributed by atoms with Crippen LogP contribution >= 0.6 is 0 Å². The summed E-state index contributed by atoms with van der Waals surface area (Å²) in [7, 11) is -3.48. The highest BCUT2D eigenvalue weighted by molar-refractivity contribution is 7.92. The van der Waals surface area contributed by atoms with Gasteiger partial charge in [-0.05, 0) is 24.5 Å². The van der Waals surface area contributed by atoms with Crippen LogP contribution in [0, 0.1) is 6.92 Å². The number of carbonyl (C=O) groups is 1. The largest absolute Gasteiger partial charge is 0.379 e. The van der Waals surface area contributed by atoms with Gasteiger partial charge in [-0.2, -0.15) is 0 Å². The van der Waals surface area contributed by atoms with Crippen LogP contribution < -0.4 is 9.62 Å². The number of aryl methyl sites for hydroxylation is 2. The number of ether oxygens (including phenoxy) is 1. The van der Waals surface area contributed by atoms with Crippen molar-refractivity contribution in [1.82, 2.24) is 10.2 Å². The summed E-state index contributed by atoms with van der Waals surface area (Å²) in [6.07, 6.45) is 2.05. The Kier molecular flexibility index (Phi) is 8.07. The third-order valence-electron chi connectivity index (χ3n) is 4.75. The number of sulfonamides is 1. The standard InChI is InChI=1S/C19H31N3O4S/c1-4-17-7-5-6-16(2)19(17)22(27(3,24)25)10-8-18(23)20-9-11-21-12-14-26-15-13-21/h5-7H,4,8-15H2,1-3H3,(H,20,23). The van der Waals surface area contributed by atoms with Crippen LogP contribution in [0.15, 0.2) is 18.2 Å². The molecule has 1 aliphatic heterocycles. The van der Waals surface area contributed by atoms with Crippen molar-refractivity contribution in [2.75, 3.05) is 56.5 Å². The van der Waals surface area contributed by atoms with Crippen LogP contribution in [0.25, 0.3) is 0 Å². The second kappa shape index (κ2) is 10.1. The van der Waals surface area contributed by atoms with E-state index in [9.17, 15) is 13.2 Å². The van der Waals surface area contributed by atoms with E-state index in [1.165, 1.54) is 10.6 Å². The van der Waals surface area contributed by atoms with Crippen molar-refractivity contribution in [3.63, 3.8) is 0 Å². The molecule has 8 heteroatoms. The maximum atomic E-state index is 12.4. The van der Waals surface area contributed by atoms with E-state index < -0.39 is 10.0 Å². The molecule has 0 radical (unpaired) electrons. The molecule has 1 saturated heterocycles. The molecule has 0 atom stereocenters. The third kappa shape index (κ3) is 6.48. The summed E-state index contributed by atoms with van der Waals surface area (Å²) < 4.78 is 31.4. The zero-order valence-electron chi connectivity index (χ0n) is 16.5. The number of carbonyl (C=O) groups excluding carboxylic acids is 1. The van der Waals surface area contributed by atoms with Crippen molar-refractivity contribution in [3.8, 4) is 0 Å². The molecule has 2 rings (SSSR count). The lowest BCUT2D eigenvalue weighted by molar-refractivity contribution is -0.120. The normalized spacial score (nSPS) is 15.5. The molecular weight excluding hydrogens is 366 g/mol. The highest BCUT2D eigenvalue weighted by Gasteiger charge is 2.22. The maximum absolute atomic E-state index is 12.4. The molecule has 1 aromatic rings. The summed E-state index contributed by atoms with van der Waals surface area (Å²) in [5.74, 6) is -0.136. The van der Waals surface area contributed by atoms with Crippen LogP contribution in [-0.4, -0.2) is 71.4 Å². The van der Waals surface area contributed by atoms with E-state index >= 15 is 0 Å². The molecule has 1 N–H and O–H groups in total. The lowest BCUT2D eigenvalue weighted by Gasteiger charge is -2.27. The average Bonchev–Trinajstić information content (AvgIpc) is 2.62. The van der Waals surface area contributed by atoms with E-state index in [2.05, 4.69) is 10.2 Å². The highest BCUT2D eigenvalue weighted by Crippen LogP contribution is 2.28. The highest BCUT2D eigenvalue weighted by atomic mass is 32.2. The average molecular weight is 398 g/mol. The Morgan fingerprint density at radius 1 is 1.30 bits per heavy atom. The number of amides is 1. The quantitative estimate of drug-likeness (QED) is 0.677. The number of hydrogen-bond donors (Lipinski definition) is 1. The first-order valence-corrected chi connectivity index (χ1v) is 11.3. The van der Waals surface area contributed by atoms with Crippen molar-refractivity contribution in [2.45, 2.75) is 26.7 Å². The van der Waals surface area contributed by atoms with Gasteiger partial charge in [0, 0.05) is 39.1 Å². The second-order valence-corrected chi connectivity index (χ2v) is 8.73. The lowest BCUT2D eigenvalue weighted by Crippen LogP contribution is -2.42. The molecule has 0 saturated carbocycles. The van der Waals surface area contributed by atoms with E-state index in [-0.39, 0.29) is 18.9 Å². The lowest BCUT2D eigenvalue weighted by atomic mass is 10.1. The Bertz CT molecular complexity index is 730. The molecule has 0 bridgehead atoms. The first kappa shape index (κ1) is 21.7. The monoisotopic (exact) mass is 397 g/mol. The fraction of sp³-hybridized carbons (Fsp3) is 0.632. The van der Waals surface area contributed by atoms with Gasteiger partial charge in [-0.25, -0.2) is 8.42 Å². The van der Waals surface area contributed by atoms with Gasteiger partial charge in [-0.3, -0.25) is 14.0 Å². The minimum atomic E-state index is -3.48. The maximum Gasteiger partial charge on any atom is 0.232 e. The van der Waals surface area contributed by atoms with Gasteiger partial charge in [0.25, 0.3) is 0 Å². The van der Waals surface area contributed by atoms with Crippen molar-refractivity contribution in [2.24, 2.45) is 0 Å². The van der Waals surface area contributed by atoms with Crippen LogP contribution in [0.5, 0.6) is 0 Å². The minimum Gasteiger partial charge on any atom is -0.379 e. The molecule has 27 heavy (non-hydrogen) atoms. The Labute approximate surface area is 162 Å². The molecule has 0 aromatic heterocycles. The summed E-state index contributed by atoms with van der Waals surface area (Å²) >= 11 is 0. The minimum absolute atomic E-state index is 0.133. The number of rotatable bonds is 9. The first-order chi connectivity index (χ1) is 12.8. The fourth-order valence-electron chi connectivity index (χ4n) is 3.28. The number of anilines is 1. The second-order valence-electron chi connectivity index (χ2n) is 6.83. The third-order valence-corrected chi connectivity index (χ3v) is 5.91. The Morgan fingerprint density at radius 2 is 2.00 bits per heavy atom. The van der Waals surface area contributed by atoms with Gasteiger partial charge in [0.15, 0.2) is 0 Å². The van der Waals surface area contributed by atoms with Crippen LogP contribution in [0.4, 0.5) is 5.69 Å². The SMILES string of the molecule is CCc1cccc(C)c1N(CCC(=O)NCCN1CCOCC1)S(C)(=O)=O. The molecule has 1 amide bonds. The van der Waals surface area contributed by atoms with Gasteiger partial charge in [0.2, 0.25) is 15.9 Å². The Balaban J connectivity index is 1.94. The summed E-state index contributed by atoms with van der Waals surface area (Å²) in [5, 5.41) is 2.89. The van der Waals surface area contributed by atoms with E-state index in [1.807, 2.05) is 32.0 Å². The van der Waals surface area contributed by atoms with E-state index in [1.54, 1.807) is 0 Å². The zero-order valence-corrected chi connectivity index (χ0v) is 17.3. The molecular formula is C19H31N3O4S.